The number of nitrogens with one attached hydrogen (secondary N) is 1. The van der Waals surface area contributed by atoms with Crippen LogP contribution in [0.15, 0.2) is 53.0 Å². The maximum absolute atomic E-state index is 12.4. The molecule has 0 aliphatic carbocycles. The summed E-state index contributed by atoms with van der Waals surface area (Å²) >= 11 is 9.22. The Morgan fingerprint density at radius 3 is 2.43 bits per heavy atom. The van der Waals surface area contributed by atoms with Crippen molar-refractivity contribution in [2.45, 2.75) is 6.42 Å². The SMILES string of the molecule is O=C(Nc1ccc(Br)cc1)[C@H]1CC(=O)N(c2ccc(Cl)cc2)C1. The van der Waals surface area contributed by atoms with E-state index in [0.717, 1.165) is 15.8 Å². The van der Waals surface area contributed by atoms with E-state index in [2.05, 4.69) is 21.2 Å². The van der Waals surface area contributed by atoms with Crippen LogP contribution >= 0.6 is 27.5 Å². The Hall–Kier alpha value is -1.85. The molecule has 1 aliphatic heterocycles. The van der Waals surface area contributed by atoms with Crippen molar-refractivity contribution < 1.29 is 9.59 Å². The number of carbonyl (C=O) groups excluding carboxylic acids is 2. The smallest absolute Gasteiger partial charge is 0.229 e. The van der Waals surface area contributed by atoms with Crippen LogP contribution in [0.3, 0.4) is 0 Å². The Morgan fingerprint density at radius 2 is 1.78 bits per heavy atom. The average Bonchev–Trinajstić information content (AvgIpc) is 2.92. The van der Waals surface area contributed by atoms with Crippen molar-refractivity contribution in [3.05, 3.63) is 58.0 Å². The number of anilines is 2. The van der Waals surface area contributed by atoms with E-state index in [1.54, 1.807) is 29.2 Å². The molecule has 3 rings (SSSR count). The van der Waals surface area contributed by atoms with E-state index in [-0.39, 0.29) is 24.2 Å². The molecular formula is C17H14BrClN2O2. The van der Waals surface area contributed by atoms with Gasteiger partial charge in [-0.25, -0.2) is 0 Å². The maximum Gasteiger partial charge on any atom is 0.229 e. The molecule has 1 N–H and O–H groups in total. The fourth-order valence-electron chi connectivity index (χ4n) is 2.53. The predicted octanol–water partition coefficient (Wildman–Crippen LogP) is 4.09. The van der Waals surface area contributed by atoms with Crippen molar-refractivity contribution in [1.29, 1.82) is 0 Å². The Kier molecular flexibility index (Phi) is 4.68. The highest BCUT2D eigenvalue weighted by Crippen LogP contribution is 2.27. The van der Waals surface area contributed by atoms with Gasteiger partial charge in [-0.2, -0.15) is 0 Å². The lowest BCUT2D eigenvalue weighted by Gasteiger charge is -2.16. The van der Waals surface area contributed by atoms with Gasteiger partial charge in [0.05, 0.1) is 5.92 Å². The first kappa shape index (κ1) is 16.0. The molecule has 1 heterocycles. The summed E-state index contributed by atoms with van der Waals surface area (Å²) in [5.41, 5.74) is 1.48. The number of nitrogens with zero attached hydrogens (tertiary/aromatic N) is 1. The molecule has 1 fully saturated rings. The zero-order valence-corrected chi connectivity index (χ0v) is 14.5. The summed E-state index contributed by atoms with van der Waals surface area (Å²) in [6, 6.07) is 14.4. The van der Waals surface area contributed by atoms with Crippen LogP contribution in [-0.2, 0) is 9.59 Å². The normalized spacial score (nSPS) is 17.4. The molecule has 0 bridgehead atoms. The van der Waals surface area contributed by atoms with E-state index in [1.807, 2.05) is 24.3 Å². The van der Waals surface area contributed by atoms with Gasteiger partial charge in [-0.05, 0) is 48.5 Å². The molecule has 6 heteroatoms. The number of amides is 2. The fourth-order valence-corrected chi connectivity index (χ4v) is 2.92. The Labute approximate surface area is 147 Å². The minimum atomic E-state index is -0.359. The second kappa shape index (κ2) is 6.72. The van der Waals surface area contributed by atoms with Crippen LogP contribution in [0.2, 0.25) is 5.02 Å². The number of benzene rings is 2. The summed E-state index contributed by atoms with van der Waals surface area (Å²) in [5.74, 6) is -0.553. The summed E-state index contributed by atoms with van der Waals surface area (Å²) in [6.07, 6.45) is 0.213. The highest BCUT2D eigenvalue weighted by atomic mass is 79.9. The Morgan fingerprint density at radius 1 is 1.13 bits per heavy atom. The molecule has 2 aromatic rings. The summed E-state index contributed by atoms with van der Waals surface area (Å²) in [6.45, 7) is 0.378. The molecule has 2 aromatic carbocycles. The van der Waals surface area contributed by atoms with Crippen LogP contribution in [0.25, 0.3) is 0 Å². The van der Waals surface area contributed by atoms with Crippen molar-refractivity contribution in [2.24, 2.45) is 5.92 Å². The quantitative estimate of drug-likeness (QED) is 0.854. The lowest BCUT2D eigenvalue weighted by atomic mass is 10.1. The molecule has 0 aromatic heterocycles. The zero-order chi connectivity index (χ0) is 16.4. The molecule has 1 saturated heterocycles. The highest BCUT2D eigenvalue weighted by molar-refractivity contribution is 9.10. The summed E-state index contributed by atoms with van der Waals surface area (Å²) < 4.78 is 0.945. The van der Waals surface area contributed by atoms with Gasteiger partial charge < -0.3 is 10.2 Å². The van der Waals surface area contributed by atoms with Gasteiger partial charge in [0.25, 0.3) is 0 Å². The zero-order valence-electron chi connectivity index (χ0n) is 12.1. The van der Waals surface area contributed by atoms with Crippen molar-refractivity contribution in [1.82, 2.24) is 0 Å². The number of carbonyl (C=O) groups is 2. The number of hydrogen-bond acceptors (Lipinski definition) is 2. The monoisotopic (exact) mass is 392 g/mol. The van der Waals surface area contributed by atoms with E-state index < -0.39 is 0 Å². The lowest BCUT2D eigenvalue weighted by Crippen LogP contribution is -2.28. The van der Waals surface area contributed by atoms with Crippen LogP contribution in [0.4, 0.5) is 11.4 Å². The molecule has 0 saturated carbocycles. The maximum atomic E-state index is 12.4. The average molecular weight is 394 g/mol. The molecule has 2 amide bonds. The topological polar surface area (TPSA) is 49.4 Å². The first-order chi connectivity index (χ1) is 11.0. The Bertz CT molecular complexity index is 731. The van der Waals surface area contributed by atoms with Crippen molar-refractivity contribution in [3.63, 3.8) is 0 Å². The third kappa shape index (κ3) is 3.74. The van der Waals surface area contributed by atoms with Crippen molar-refractivity contribution in [3.8, 4) is 0 Å². The van der Waals surface area contributed by atoms with Gasteiger partial charge in [0, 0.05) is 33.8 Å². The van der Waals surface area contributed by atoms with Gasteiger partial charge in [-0.1, -0.05) is 27.5 Å². The minimum absolute atomic E-state index is 0.0525. The van der Waals surface area contributed by atoms with E-state index in [0.29, 0.717) is 11.6 Å². The first-order valence-electron chi connectivity index (χ1n) is 7.15. The second-order valence-corrected chi connectivity index (χ2v) is 6.73. The fraction of sp³-hybridized carbons (Fsp3) is 0.176. The van der Waals surface area contributed by atoms with Gasteiger partial charge in [-0.15, -0.1) is 0 Å². The largest absolute Gasteiger partial charge is 0.326 e. The van der Waals surface area contributed by atoms with Gasteiger partial charge >= 0.3 is 0 Å². The van der Waals surface area contributed by atoms with E-state index in [4.69, 9.17) is 11.6 Å². The molecule has 0 unspecified atom stereocenters. The first-order valence-corrected chi connectivity index (χ1v) is 8.32. The van der Waals surface area contributed by atoms with Crippen LogP contribution in [0.1, 0.15) is 6.42 Å². The summed E-state index contributed by atoms with van der Waals surface area (Å²) in [4.78, 5) is 26.2. The molecule has 1 aliphatic rings. The second-order valence-electron chi connectivity index (χ2n) is 5.38. The van der Waals surface area contributed by atoms with Gasteiger partial charge in [0.1, 0.15) is 0 Å². The minimum Gasteiger partial charge on any atom is -0.326 e. The van der Waals surface area contributed by atoms with E-state index >= 15 is 0 Å². The third-order valence-corrected chi connectivity index (χ3v) is 4.53. The molecular weight excluding hydrogens is 380 g/mol. The summed E-state index contributed by atoms with van der Waals surface area (Å²) in [7, 11) is 0. The third-order valence-electron chi connectivity index (χ3n) is 3.75. The lowest BCUT2D eigenvalue weighted by molar-refractivity contribution is -0.122. The Balaban J connectivity index is 1.68. The van der Waals surface area contributed by atoms with Crippen LogP contribution in [0, 0.1) is 5.92 Å². The standard InChI is InChI=1S/C17H14BrClN2O2/c18-12-1-5-14(6-2-12)20-17(23)11-9-16(22)21(10-11)15-7-3-13(19)4-8-15/h1-8,11H,9-10H2,(H,20,23)/t11-/m0/s1. The number of rotatable bonds is 3. The number of hydrogen-bond donors (Lipinski definition) is 1. The molecule has 4 nitrogen and oxygen atoms in total. The van der Waals surface area contributed by atoms with Crippen LogP contribution in [-0.4, -0.2) is 18.4 Å². The highest BCUT2D eigenvalue weighted by Gasteiger charge is 2.35. The van der Waals surface area contributed by atoms with Gasteiger partial charge in [-0.3, -0.25) is 9.59 Å². The predicted molar refractivity (Wildman–Crippen MR) is 94.7 cm³/mol. The van der Waals surface area contributed by atoms with Crippen LogP contribution < -0.4 is 10.2 Å². The van der Waals surface area contributed by atoms with E-state index in [1.165, 1.54) is 0 Å². The van der Waals surface area contributed by atoms with Crippen molar-refractivity contribution in [2.75, 3.05) is 16.8 Å². The molecule has 0 radical (unpaired) electrons. The van der Waals surface area contributed by atoms with Crippen molar-refractivity contribution >= 4 is 50.7 Å². The van der Waals surface area contributed by atoms with E-state index in [9.17, 15) is 9.59 Å². The number of halogens is 2. The molecule has 1 atom stereocenters. The van der Waals surface area contributed by atoms with Gasteiger partial charge in [0.2, 0.25) is 11.8 Å². The molecule has 118 valence electrons. The summed E-state index contributed by atoms with van der Waals surface area (Å²) in [5, 5.41) is 3.47. The van der Waals surface area contributed by atoms with Gasteiger partial charge in [0.15, 0.2) is 0 Å². The van der Waals surface area contributed by atoms with Crippen LogP contribution in [0.5, 0.6) is 0 Å². The molecule has 0 spiro atoms. The molecule has 23 heavy (non-hydrogen) atoms.